The van der Waals surface area contributed by atoms with Crippen LogP contribution in [0.4, 0.5) is 0 Å². The minimum absolute atomic E-state index is 0.0312. The Morgan fingerprint density at radius 1 is 1.56 bits per heavy atom. The molecule has 1 aliphatic rings. The van der Waals surface area contributed by atoms with E-state index in [-0.39, 0.29) is 6.10 Å². The zero-order valence-electron chi connectivity index (χ0n) is 5.21. The summed E-state index contributed by atoms with van der Waals surface area (Å²) in [6.07, 6.45) is 0.0312. The lowest BCUT2D eigenvalue weighted by molar-refractivity contribution is -0.115. The first-order valence-electron chi connectivity index (χ1n) is 2.94. The fourth-order valence-electron chi connectivity index (χ4n) is 0.740. The summed E-state index contributed by atoms with van der Waals surface area (Å²) in [6.45, 7) is 2.34. The molecule has 0 radical (unpaired) electrons. The lowest BCUT2D eigenvalue weighted by atomic mass is 10.4. The fourth-order valence-corrected chi connectivity index (χ4v) is 0.740. The largest absolute Gasteiger partial charge is 0.376 e. The summed E-state index contributed by atoms with van der Waals surface area (Å²) >= 11 is 0. The molecule has 0 saturated carbocycles. The summed E-state index contributed by atoms with van der Waals surface area (Å²) in [4.78, 5) is 4.38. The van der Waals surface area contributed by atoms with Crippen LogP contribution in [-0.2, 0) is 14.3 Å². The van der Waals surface area contributed by atoms with E-state index in [0.717, 1.165) is 0 Å². The molecule has 1 rings (SSSR count). The second kappa shape index (κ2) is 3.79. The molecule has 1 fully saturated rings. The zero-order chi connectivity index (χ0) is 6.53. The monoisotopic (exact) mass is 133 g/mol. The second-order valence-corrected chi connectivity index (χ2v) is 1.90. The van der Waals surface area contributed by atoms with Crippen molar-refractivity contribution in [2.24, 2.45) is 5.90 Å². The van der Waals surface area contributed by atoms with Gasteiger partial charge in [0.05, 0.1) is 26.4 Å². The van der Waals surface area contributed by atoms with Crippen molar-refractivity contribution >= 4 is 0 Å². The molecule has 0 amide bonds. The van der Waals surface area contributed by atoms with Crippen molar-refractivity contribution in [3.8, 4) is 0 Å². The molecule has 1 unspecified atom stereocenters. The third kappa shape index (κ3) is 2.28. The minimum Gasteiger partial charge on any atom is -0.376 e. The van der Waals surface area contributed by atoms with E-state index in [1.165, 1.54) is 0 Å². The van der Waals surface area contributed by atoms with Crippen molar-refractivity contribution in [2.75, 3.05) is 26.4 Å². The molecule has 1 heterocycles. The summed E-state index contributed by atoms with van der Waals surface area (Å²) < 4.78 is 10.3. The predicted molar refractivity (Wildman–Crippen MR) is 30.7 cm³/mol. The van der Waals surface area contributed by atoms with Gasteiger partial charge in [0.15, 0.2) is 0 Å². The van der Waals surface area contributed by atoms with E-state index in [1.807, 2.05) is 0 Å². The highest BCUT2D eigenvalue weighted by Crippen LogP contribution is 1.99. The van der Waals surface area contributed by atoms with Gasteiger partial charge in [-0.25, -0.2) is 5.90 Å². The van der Waals surface area contributed by atoms with Crippen LogP contribution in [-0.4, -0.2) is 32.5 Å². The number of ether oxygens (including phenoxy) is 2. The van der Waals surface area contributed by atoms with E-state index >= 15 is 0 Å². The second-order valence-electron chi connectivity index (χ2n) is 1.90. The van der Waals surface area contributed by atoms with Crippen molar-refractivity contribution in [2.45, 2.75) is 6.10 Å². The Balaban J connectivity index is 2.08. The third-order valence-corrected chi connectivity index (χ3v) is 1.17. The number of rotatable bonds is 2. The maximum atomic E-state index is 5.19. The van der Waals surface area contributed by atoms with E-state index < -0.39 is 0 Å². The summed E-state index contributed by atoms with van der Waals surface area (Å²) in [7, 11) is 0. The molecule has 2 N–H and O–H groups in total. The summed E-state index contributed by atoms with van der Waals surface area (Å²) in [5.74, 6) is 4.82. The van der Waals surface area contributed by atoms with Gasteiger partial charge < -0.3 is 14.3 Å². The molecule has 54 valence electrons. The van der Waals surface area contributed by atoms with Crippen LogP contribution in [0.25, 0.3) is 0 Å². The first-order chi connectivity index (χ1) is 4.43. The van der Waals surface area contributed by atoms with Crippen LogP contribution in [0.5, 0.6) is 0 Å². The van der Waals surface area contributed by atoms with Gasteiger partial charge in [-0.05, 0) is 0 Å². The predicted octanol–water partition coefficient (Wildman–Crippen LogP) is -0.708. The van der Waals surface area contributed by atoms with Crippen molar-refractivity contribution in [1.29, 1.82) is 0 Å². The average molecular weight is 133 g/mol. The van der Waals surface area contributed by atoms with Crippen LogP contribution < -0.4 is 5.90 Å². The Hall–Kier alpha value is -0.160. The number of hydrogen-bond donors (Lipinski definition) is 1. The van der Waals surface area contributed by atoms with Gasteiger partial charge in [-0.2, -0.15) is 0 Å². The van der Waals surface area contributed by atoms with Crippen molar-refractivity contribution in [3.05, 3.63) is 0 Å². The molecule has 0 aromatic carbocycles. The summed E-state index contributed by atoms with van der Waals surface area (Å²) in [5.41, 5.74) is 0. The van der Waals surface area contributed by atoms with Crippen LogP contribution >= 0.6 is 0 Å². The SMILES string of the molecule is NOCC1COCCO1. The molecular weight excluding hydrogens is 122 g/mol. The molecule has 1 saturated heterocycles. The van der Waals surface area contributed by atoms with Gasteiger partial charge in [-0.1, -0.05) is 0 Å². The van der Waals surface area contributed by atoms with Crippen molar-refractivity contribution in [3.63, 3.8) is 0 Å². The first-order valence-corrected chi connectivity index (χ1v) is 2.94. The molecule has 9 heavy (non-hydrogen) atoms. The van der Waals surface area contributed by atoms with E-state index in [1.54, 1.807) is 0 Å². The van der Waals surface area contributed by atoms with Gasteiger partial charge in [0.25, 0.3) is 0 Å². The Labute approximate surface area is 53.8 Å². The topological polar surface area (TPSA) is 53.7 Å². The zero-order valence-corrected chi connectivity index (χ0v) is 5.21. The summed E-state index contributed by atoms with van der Waals surface area (Å²) in [6, 6.07) is 0. The Morgan fingerprint density at radius 2 is 2.44 bits per heavy atom. The molecule has 4 heteroatoms. The van der Waals surface area contributed by atoms with Gasteiger partial charge >= 0.3 is 0 Å². The maximum Gasteiger partial charge on any atom is 0.106 e. The average Bonchev–Trinajstić information content (AvgIpc) is 1.91. The minimum atomic E-state index is 0.0312. The third-order valence-electron chi connectivity index (χ3n) is 1.17. The van der Waals surface area contributed by atoms with E-state index in [2.05, 4.69) is 4.84 Å². The molecule has 0 aliphatic carbocycles. The quantitative estimate of drug-likeness (QED) is 0.506. The molecule has 0 aromatic rings. The van der Waals surface area contributed by atoms with Crippen LogP contribution in [0.2, 0.25) is 0 Å². The highest BCUT2D eigenvalue weighted by atomic mass is 16.6. The lowest BCUT2D eigenvalue weighted by Crippen LogP contribution is -2.33. The Bertz CT molecular complexity index is 69.8. The van der Waals surface area contributed by atoms with Crippen molar-refractivity contribution < 1.29 is 14.3 Å². The molecule has 0 aromatic heterocycles. The molecule has 1 aliphatic heterocycles. The molecule has 0 spiro atoms. The van der Waals surface area contributed by atoms with Crippen LogP contribution in [0.3, 0.4) is 0 Å². The van der Waals surface area contributed by atoms with Crippen LogP contribution in [0.1, 0.15) is 0 Å². The van der Waals surface area contributed by atoms with Gasteiger partial charge in [0, 0.05) is 0 Å². The van der Waals surface area contributed by atoms with Gasteiger partial charge in [0.1, 0.15) is 6.10 Å². The summed E-state index contributed by atoms with van der Waals surface area (Å²) in [5, 5.41) is 0. The molecule has 4 nitrogen and oxygen atoms in total. The van der Waals surface area contributed by atoms with Crippen molar-refractivity contribution in [1.82, 2.24) is 0 Å². The fraction of sp³-hybridized carbons (Fsp3) is 1.00. The van der Waals surface area contributed by atoms with Crippen LogP contribution in [0, 0.1) is 0 Å². The molecular formula is C5H11NO3. The van der Waals surface area contributed by atoms with Gasteiger partial charge in [-0.3, -0.25) is 0 Å². The van der Waals surface area contributed by atoms with Gasteiger partial charge in [0.2, 0.25) is 0 Å². The number of nitrogens with two attached hydrogens (primary N) is 1. The lowest BCUT2D eigenvalue weighted by Gasteiger charge is -2.21. The van der Waals surface area contributed by atoms with E-state index in [9.17, 15) is 0 Å². The van der Waals surface area contributed by atoms with Crippen LogP contribution in [0.15, 0.2) is 0 Å². The smallest absolute Gasteiger partial charge is 0.106 e. The highest BCUT2D eigenvalue weighted by Gasteiger charge is 2.13. The molecule has 1 atom stereocenters. The van der Waals surface area contributed by atoms with Gasteiger partial charge in [-0.15, -0.1) is 0 Å². The Kier molecular flexibility index (Phi) is 2.93. The Morgan fingerprint density at radius 3 is 3.00 bits per heavy atom. The number of hydrogen-bond acceptors (Lipinski definition) is 4. The van der Waals surface area contributed by atoms with E-state index in [0.29, 0.717) is 26.4 Å². The van der Waals surface area contributed by atoms with E-state index in [4.69, 9.17) is 15.4 Å². The normalized spacial score (nSPS) is 28.3. The highest BCUT2D eigenvalue weighted by molar-refractivity contribution is 4.57. The first kappa shape index (κ1) is 6.95. The molecule has 0 bridgehead atoms. The maximum absolute atomic E-state index is 5.19. The standard InChI is InChI=1S/C5H11NO3/c6-9-4-5-3-7-1-2-8-5/h5H,1-4,6H2.